The first kappa shape index (κ1) is 23.3. The molecule has 2 fully saturated rings. The van der Waals surface area contributed by atoms with Crippen molar-refractivity contribution < 1.29 is 32.5 Å². The van der Waals surface area contributed by atoms with Crippen LogP contribution in [0.15, 0.2) is 48.5 Å². The molecule has 0 unspecified atom stereocenters. The zero-order chi connectivity index (χ0) is 23.4. The van der Waals surface area contributed by atoms with Gasteiger partial charge in [-0.3, -0.25) is 4.90 Å². The third-order valence-corrected chi connectivity index (χ3v) is 6.28. The molecule has 3 heterocycles. The van der Waals surface area contributed by atoms with Gasteiger partial charge in [-0.15, -0.1) is 0 Å². The van der Waals surface area contributed by atoms with E-state index in [1.54, 1.807) is 11.3 Å². The number of ether oxygens (including phenoxy) is 2. The number of para-hydroxylation sites is 1. The minimum Gasteiger partial charge on any atom is -0.492 e. The zero-order valence-corrected chi connectivity index (χ0v) is 18.2. The lowest BCUT2D eigenvalue weighted by Gasteiger charge is -2.26. The Bertz CT molecular complexity index is 1060. The van der Waals surface area contributed by atoms with Crippen LogP contribution in [0.3, 0.4) is 0 Å². The van der Waals surface area contributed by atoms with Crippen molar-refractivity contribution in [2.24, 2.45) is 0 Å². The maximum absolute atomic E-state index is 10.6. The lowest BCUT2D eigenvalue weighted by atomic mass is 10.2. The molecule has 2 N–H and O–H groups in total. The number of hydrogen-bond acceptors (Lipinski definition) is 7. The number of fused-ring (bicyclic) bond motifs is 3. The van der Waals surface area contributed by atoms with Crippen LogP contribution >= 0.6 is 11.3 Å². The highest BCUT2D eigenvalue weighted by molar-refractivity contribution is 7.20. The fourth-order valence-electron chi connectivity index (χ4n) is 3.80. The van der Waals surface area contributed by atoms with Gasteiger partial charge < -0.3 is 19.9 Å². The van der Waals surface area contributed by atoms with Crippen LogP contribution < -0.4 is 14.8 Å². The fraction of sp³-hybridized carbons (Fsp3) is 0.364. The topological polar surface area (TPSA) is 83.9 Å². The molecular weight excluding hydrogens is 459 g/mol. The molecule has 5 rings (SSSR count). The number of aromatic nitrogens is 1. The smallest absolute Gasteiger partial charge is 0.490 e. The highest BCUT2D eigenvalue weighted by atomic mass is 32.1. The van der Waals surface area contributed by atoms with E-state index < -0.39 is 12.1 Å². The minimum atomic E-state index is -5.08. The van der Waals surface area contributed by atoms with Crippen LogP contribution in [0.2, 0.25) is 0 Å². The molecule has 1 aromatic heterocycles. The molecule has 0 radical (unpaired) electrons. The highest BCUT2D eigenvalue weighted by Crippen LogP contribution is 2.31. The summed E-state index contributed by atoms with van der Waals surface area (Å²) in [7, 11) is 0. The number of nitrogens with one attached hydrogen (secondary N) is 1. The van der Waals surface area contributed by atoms with Gasteiger partial charge in [0, 0.05) is 31.7 Å². The van der Waals surface area contributed by atoms with Crippen LogP contribution in [-0.2, 0) is 4.79 Å². The predicted molar refractivity (Wildman–Crippen MR) is 117 cm³/mol. The molecule has 33 heavy (non-hydrogen) atoms. The van der Waals surface area contributed by atoms with E-state index >= 15 is 0 Å². The lowest BCUT2D eigenvalue weighted by molar-refractivity contribution is -0.192. The van der Waals surface area contributed by atoms with Gasteiger partial charge in [-0.1, -0.05) is 23.5 Å². The molecule has 3 aromatic rings. The van der Waals surface area contributed by atoms with E-state index in [0.717, 1.165) is 48.0 Å². The molecule has 176 valence electrons. The fourth-order valence-corrected chi connectivity index (χ4v) is 4.64. The Balaban J connectivity index is 0.000000325. The quantitative estimate of drug-likeness (QED) is 0.547. The SMILES string of the molecule is O=C(O)C(F)(F)F.c1ccc2sc(Oc3ccc(OCCN4C[C@@H]5C[C@H]4CN5)cc3)nc2c1. The largest absolute Gasteiger partial charge is 0.492 e. The van der Waals surface area contributed by atoms with E-state index in [0.29, 0.717) is 17.3 Å². The molecule has 2 aliphatic rings. The number of alkyl halides is 3. The van der Waals surface area contributed by atoms with Crippen molar-refractivity contribution in [3.63, 3.8) is 0 Å². The van der Waals surface area contributed by atoms with Crippen LogP contribution in [-0.4, -0.2) is 65.5 Å². The normalized spacial score (nSPS) is 19.8. The van der Waals surface area contributed by atoms with E-state index in [4.69, 9.17) is 19.4 Å². The molecule has 0 aliphatic carbocycles. The summed E-state index contributed by atoms with van der Waals surface area (Å²) in [6.45, 7) is 4.00. The number of rotatable bonds is 6. The van der Waals surface area contributed by atoms with Crippen molar-refractivity contribution in [1.29, 1.82) is 0 Å². The summed E-state index contributed by atoms with van der Waals surface area (Å²) >= 11 is 1.55. The second-order valence-electron chi connectivity index (χ2n) is 7.66. The lowest BCUT2D eigenvalue weighted by Crippen LogP contribution is -2.45. The summed E-state index contributed by atoms with van der Waals surface area (Å²) in [6, 6.07) is 17.2. The monoisotopic (exact) mass is 481 g/mol. The minimum absolute atomic E-state index is 0.664. The zero-order valence-electron chi connectivity index (χ0n) is 17.4. The van der Waals surface area contributed by atoms with E-state index in [1.807, 2.05) is 42.5 Å². The molecule has 2 saturated heterocycles. The van der Waals surface area contributed by atoms with Crippen LogP contribution in [0, 0.1) is 0 Å². The summed E-state index contributed by atoms with van der Waals surface area (Å²) in [6.07, 6.45) is -3.79. The van der Waals surface area contributed by atoms with Gasteiger partial charge in [-0.2, -0.15) is 13.2 Å². The van der Waals surface area contributed by atoms with Crippen LogP contribution in [0.4, 0.5) is 13.2 Å². The second-order valence-corrected chi connectivity index (χ2v) is 8.66. The number of carbonyl (C=O) groups is 1. The average Bonchev–Trinajstić information content (AvgIpc) is 3.50. The first-order chi connectivity index (χ1) is 15.8. The molecule has 0 saturated carbocycles. The predicted octanol–water partition coefficient (Wildman–Crippen LogP) is 4.15. The third-order valence-electron chi connectivity index (χ3n) is 5.36. The maximum Gasteiger partial charge on any atom is 0.490 e. The number of benzene rings is 2. The number of likely N-dealkylation sites (tertiary alicyclic amines) is 1. The van der Waals surface area contributed by atoms with Crippen LogP contribution in [0.1, 0.15) is 6.42 Å². The van der Waals surface area contributed by atoms with Gasteiger partial charge in [0.25, 0.3) is 5.19 Å². The number of aliphatic carboxylic acids is 1. The Labute approximate surface area is 191 Å². The van der Waals surface area contributed by atoms with E-state index in [1.165, 1.54) is 6.42 Å². The Morgan fingerprint density at radius 1 is 1.18 bits per heavy atom. The number of hydrogen-bond donors (Lipinski definition) is 2. The van der Waals surface area contributed by atoms with Crippen molar-refractivity contribution in [3.05, 3.63) is 48.5 Å². The summed E-state index contributed by atoms with van der Waals surface area (Å²) < 4.78 is 44.6. The number of thiazole rings is 1. The molecule has 7 nitrogen and oxygen atoms in total. The first-order valence-electron chi connectivity index (χ1n) is 10.3. The van der Waals surface area contributed by atoms with Gasteiger partial charge in [-0.25, -0.2) is 9.78 Å². The standard InChI is InChI=1S/C20H21N3O2S.C2HF3O2/c1-2-4-19-18(3-1)22-20(26-19)25-17-7-5-16(6-8-17)24-10-9-23-13-14-11-15(23)12-21-14;3-2(4,5)1(6)7/h1-8,14-15,21H,9-13H2;(H,6,7)/t14-,15-;/m0./s1. The molecule has 0 spiro atoms. The number of piperazine rings is 1. The third kappa shape index (κ3) is 6.12. The number of halogens is 3. The van der Waals surface area contributed by atoms with Gasteiger partial charge in [0.2, 0.25) is 0 Å². The summed E-state index contributed by atoms with van der Waals surface area (Å²) in [5, 5.41) is 11.3. The molecule has 2 aromatic carbocycles. The highest BCUT2D eigenvalue weighted by Gasteiger charge is 2.38. The Morgan fingerprint density at radius 2 is 1.88 bits per heavy atom. The van der Waals surface area contributed by atoms with E-state index in [2.05, 4.69) is 21.3 Å². The van der Waals surface area contributed by atoms with E-state index in [-0.39, 0.29) is 0 Å². The van der Waals surface area contributed by atoms with Gasteiger partial charge >= 0.3 is 12.1 Å². The molecule has 0 amide bonds. The van der Waals surface area contributed by atoms with Crippen molar-refractivity contribution in [2.45, 2.75) is 24.7 Å². The number of carboxylic acids is 1. The molecule has 2 bridgehead atoms. The summed E-state index contributed by atoms with van der Waals surface area (Å²) in [5.74, 6) is -1.10. The van der Waals surface area contributed by atoms with Crippen LogP contribution in [0.5, 0.6) is 16.7 Å². The number of carboxylic acid groups (broad SMARTS) is 1. The van der Waals surface area contributed by atoms with Crippen molar-refractivity contribution >= 4 is 27.5 Å². The Morgan fingerprint density at radius 3 is 2.48 bits per heavy atom. The molecular formula is C22H22F3N3O4S. The number of nitrogens with zero attached hydrogens (tertiary/aromatic N) is 2. The van der Waals surface area contributed by atoms with Crippen LogP contribution in [0.25, 0.3) is 10.2 Å². The van der Waals surface area contributed by atoms with Crippen molar-refractivity contribution in [1.82, 2.24) is 15.2 Å². The van der Waals surface area contributed by atoms with Gasteiger partial charge in [-0.05, 0) is 42.8 Å². The summed E-state index contributed by atoms with van der Waals surface area (Å²) in [5.41, 5.74) is 0.971. The Hall–Kier alpha value is -2.89. The summed E-state index contributed by atoms with van der Waals surface area (Å²) in [4.78, 5) is 15.9. The Kier molecular flexibility index (Phi) is 7.01. The maximum atomic E-state index is 10.6. The molecule has 2 atom stereocenters. The van der Waals surface area contributed by atoms with Crippen molar-refractivity contribution in [2.75, 3.05) is 26.2 Å². The van der Waals surface area contributed by atoms with Gasteiger partial charge in [0.15, 0.2) is 0 Å². The van der Waals surface area contributed by atoms with Gasteiger partial charge in [0.1, 0.15) is 18.1 Å². The first-order valence-corrected chi connectivity index (χ1v) is 11.1. The van der Waals surface area contributed by atoms with Crippen molar-refractivity contribution in [3.8, 4) is 16.7 Å². The average molecular weight is 481 g/mol. The molecule has 11 heteroatoms. The molecule has 2 aliphatic heterocycles. The van der Waals surface area contributed by atoms with Gasteiger partial charge in [0.05, 0.1) is 10.2 Å². The van der Waals surface area contributed by atoms with E-state index in [9.17, 15) is 13.2 Å². The second kappa shape index (κ2) is 9.94.